The van der Waals surface area contributed by atoms with E-state index in [0.717, 1.165) is 31.6 Å². The molecule has 3 nitrogen and oxygen atoms in total. The molecule has 1 aromatic rings. The summed E-state index contributed by atoms with van der Waals surface area (Å²) in [5, 5.41) is 2.99. The summed E-state index contributed by atoms with van der Waals surface area (Å²) in [6.07, 6.45) is 6.03. The zero-order valence-corrected chi connectivity index (χ0v) is 12.7. The molecule has 1 aliphatic heterocycles. The molecule has 2 rings (SSSR count). The molecule has 1 unspecified atom stereocenters. The van der Waals surface area contributed by atoms with E-state index in [1.165, 1.54) is 24.8 Å². The van der Waals surface area contributed by atoms with Crippen molar-refractivity contribution in [2.45, 2.75) is 46.0 Å². The van der Waals surface area contributed by atoms with Crippen molar-refractivity contribution in [3.8, 4) is 0 Å². The van der Waals surface area contributed by atoms with Crippen molar-refractivity contribution in [1.82, 2.24) is 4.90 Å². The number of anilines is 1. The van der Waals surface area contributed by atoms with Gasteiger partial charge in [0.25, 0.3) is 0 Å². The van der Waals surface area contributed by atoms with Crippen molar-refractivity contribution in [2.24, 2.45) is 5.92 Å². The largest absolute Gasteiger partial charge is 0.324 e. The lowest BCUT2D eigenvalue weighted by Crippen LogP contribution is -2.32. The number of likely N-dealkylation sites (tertiary alicyclic amines) is 1. The Kier molecular flexibility index (Phi) is 5.45. The molecule has 110 valence electrons. The zero-order chi connectivity index (χ0) is 14.4. The second-order valence-electron chi connectivity index (χ2n) is 5.92. The molecule has 0 radical (unpaired) electrons. The fourth-order valence-electron chi connectivity index (χ4n) is 2.66. The van der Waals surface area contributed by atoms with Crippen molar-refractivity contribution in [1.29, 1.82) is 0 Å². The van der Waals surface area contributed by atoms with E-state index in [-0.39, 0.29) is 6.03 Å². The number of hydrogen-bond acceptors (Lipinski definition) is 1. The smallest absolute Gasteiger partial charge is 0.321 e. The monoisotopic (exact) mass is 274 g/mol. The zero-order valence-electron chi connectivity index (χ0n) is 12.7. The van der Waals surface area contributed by atoms with Crippen LogP contribution in [0.15, 0.2) is 24.3 Å². The first kappa shape index (κ1) is 14.9. The Morgan fingerprint density at radius 1 is 1.30 bits per heavy atom. The summed E-state index contributed by atoms with van der Waals surface area (Å²) in [7, 11) is 0. The second kappa shape index (κ2) is 7.32. The van der Waals surface area contributed by atoms with Gasteiger partial charge in [0.1, 0.15) is 0 Å². The van der Waals surface area contributed by atoms with Gasteiger partial charge < -0.3 is 10.2 Å². The normalized spacial score (nSPS) is 18.3. The topological polar surface area (TPSA) is 32.3 Å². The van der Waals surface area contributed by atoms with Crippen LogP contribution in [-0.2, 0) is 6.42 Å². The predicted molar refractivity (Wildman–Crippen MR) is 84.0 cm³/mol. The Morgan fingerprint density at radius 3 is 2.65 bits per heavy atom. The minimum Gasteiger partial charge on any atom is -0.324 e. The van der Waals surface area contributed by atoms with Crippen LogP contribution in [0.3, 0.4) is 0 Å². The van der Waals surface area contributed by atoms with Crippen LogP contribution in [0.25, 0.3) is 0 Å². The number of aryl methyl sites for hydroxylation is 1. The molecule has 20 heavy (non-hydrogen) atoms. The SMILES string of the molecule is CCCCCc1ccc(NC(=O)N2CCC(C)C2)cc1. The number of urea groups is 1. The van der Waals surface area contributed by atoms with Crippen LogP contribution >= 0.6 is 0 Å². The lowest BCUT2D eigenvalue weighted by atomic mass is 10.1. The molecule has 0 aliphatic carbocycles. The van der Waals surface area contributed by atoms with Crippen LogP contribution in [0.4, 0.5) is 10.5 Å². The van der Waals surface area contributed by atoms with E-state index in [1.54, 1.807) is 0 Å². The second-order valence-corrected chi connectivity index (χ2v) is 5.92. The summed E-state index contributed by atoms with van der Waals surface area (Å²) >= 11 is 0. The highest BCUT2D eigenvalue weighted by molar-refractivity contribution is 5.89. The van der Waals surface area contributed by atoms with Gasteiger partial charge in [0.05, 0.1) is 0 Å². The van der Waals surface area contributed by atoms with Gasteiger partial charge in [-0.2, -0.15) is 0 Å². The molecule has 1 heterocycles. The molecule has 2 amide bonds. The molecule has 3 heteroatoms. The summed E-state index contributed by atoms with van der Waals surface area (Å²) < 4.78 is 0. The quantitative estimate of drug-likeness (QED) is 0.798. The van der Waals surface area contributed by atoms with E-state index >= 15 is 0 Å². The van der Waals surface area contributed by atoms with Gasteiger partial charge in [0, 0.05) is 18.8 Å². The Balaban J connectivity index is 1.82. The number of carbonyl (C=O) groups is 1. The molecule has 1 atom stereocenters. The highest BCUT2D eigenvalue weighted by Crippen LogP contribution is 2.17. The van der Waals surface area contributed by atoms with Crippen LogP contribution in [0.5, 0.6) is 0 Å². The van der Waals surface area contributed by atoms with Gasteiger partial charge in [-0.1, -0.05) is 38.8 Å². The average Bonchev–Trinajstić information content (AvgIpc) is 2.88. The molecule has 0 bridgehead atoms. The van der Waals surface area contributed by atoms with E-state index < -0.39 is 0 Å². The lowest BCUT2D eigenvalue weighted by Gasteiger charge is -2.17. The lowest BCUT2D eigenvalue weighted by molar-refractivity contribution is 0.221. The fraction of sp³-hybridized carbons (Fsp3) is 0.588. The van der Waals surface area contributed by atoms with Gasteiger partial charge in [0.15, 0.2) is 0 Å². The van der Waals surface area contributed by atoms with Crippen molar-refractivity contribution >= 4 is 11.7 Å². The minimum atomic E-state index is 0.0353. The van der Waals surface area contributed by atoms with Crippen LogP contribution in [0.1, 0.15) is 45.1 Å². The number of carbonyl (C=O) groups excluding carboxylic acids is 1. The summed E-state index contributed by atoms with van der Waals surface area (Å²) in [4.78, 5) is 14.0. The Labute approximate surface area is 122 Å². The van der Waals surface area contributed by atoms with Gasteiger partial charge >= 0.3 is 6.03 Å². The fourth-order valence-corrected chi connectivity index (χ4v) is 2.66. The first-order chi connectivity index (χ1) is 9.69. The molecular formula is C17H26N2O. The van der Waals surface area contributed by atoms with E-state index in [0.29, 0.717) is 5.92 Å². The maximum Gasteiger partial charge on any atom is 0.321 e. The van der Waals surface area contributed by atoms with Crippen molar-refractivity contribution < 1.29 is 4.79 Å². The third-order valence-corrected chi connectivity index (χ3v) is 3.99. The van der Waals surface area contributed by atoms with E-state index in [9.17, 15) is 4.79 Å². The van der Waals surface area contributed by atoms with Crippen molar-refractivity contribution in [3.63, 3.8) is 0 Å². The molecule has 1 saturated heterocycles. The Bertz CT molecular complexity index is 427. The van der Waals surface area contributed by atoms with Crippen LogP contribution in [0.2, 0.25) is 0 Å². The third kappa shape index (κ3) is 4.26. The maximum atomic E-state index is 12.1. The minimum absolute atomic E-state index is 0.0353. The highest BCUT2D eigenvalue weighted by atomic mass is 16.2. The molecular weight excluding hydrogens is 248 g/mol. The highest BCUT2D eigenvalue weighted by Gasteiger charge is 2.22. The number of hydrogen-bond donors (Lipinski definition) is 1. The first-order valence-corrected chi connectivity index (χ1v) is 7.84. The van der Waals surface area contributed by atoms with Crippen LogP contribution < -0.4 is 5.32 Å². The number of nitrogens with zero attached hydrogens (tertiary/aromatic N) is 1. The molecule has 0 spiro atoms. The summed E-state index contributed by atoms with van der Waals surface area (Å²) in [5.74, 6) is 0.627. The van der Waals surface area contributed by atoms with Gasteiger partial charge in [-0.25, -0.2) is 4.79 Å². The number of rotatable bonds is 5. The Morgan fingerprint density at radius 2 is 2.05 bits per heavy atom. The van der Waals surface area contributed by atoms with Crippen molar-refractivity contribution in [2.75, 3.05) is 18.4 Å². The average molecular weight is 274 g/mol. The van der Waals surface area contributed by atoms with Gasteiger partial charge in [-0.3, -0.25) is 0 Å². The van der Waals surface area contributed by atoms with Gasteiger partial charge in [-0.15, -0.1) is 0 Å². The Hall–Kier alpha value is -1.51. The van der Waals surface area contributed by atoms with E-state index in [1.807, 2.05) is 17.0 Å². The van der Waals surface area contributed by atoms with Crippen LogP contribution in [0, 0.1) is 5.92 Å². The predicted octanol–water partition coefficient (Wildman–Crippen LogP) is 4.29. The molecule has 0 aromatic heterocycles. The third-order valence-electron chi connectivity index (χ3n) is 3.99. The number of unbranched alkanes of at least 4 members (excludes halogenated alkanes) is 2. The molecule has 1 aliphatic rings. The summed E-state index contributed by atoms with van der Waals surface area (Å²) in [5.41, 5.74) is 2.25. The number of nitrogens with one attached hydrogen (secondary N) is 1. The van der Waals surface area contributed by atoms with Crippen molar-refractivity contribution in [3.05, 3.63) is 29.8 Å². The number of benzene rings is 1. The standard InChI is InChI=1S/C17H26N2O/c1-3-4-5-6-15-7-9-16(10-8-15)18-17(20)19-12-11-14(2)13-19/h7-10,14H,3-6,11-13H2,1-2H3,(H,18,20). The van der Waals surface area contributed by atoms with Crippen LogP contribution in [-0.4, -0.2) is 24.0 Å². The van der Waals surface area contributed by atoms with Gasteiger partial charge in [0.2, 0.25) is 0 Å². The molecule has 1 aromatic carbocycles. The van der Waals surface area contributed by atoms with E-state index in [4.69, 9.17) is 0 Å². The van der Waals surface area contributed by atoms with Gasteiger partial charge in [-0.05, 0) is 42.9 Å². The maximum absolute atomic E-state index is 12.1. The first-order valence-electron chi connectivity index (χ1n) is 7.84. The molecule has 1 fully saturated rings. The van der Waals surface area contributed by atoms with E-state index in [2.05, 4.69) is 31.3 Å². The number of amides is 2. The summed E-state index contributed by atoms with van der Waals surface area (Å²) in [6.45, 7) is 6.17. The summed E-state index contributed by atoms with van der Waals surface area (Å²) in [6, 6.07) is 8.31. The molecule has 0 saturated carbocycles. The molecule has 1 N–H and O–H groups in total.